The topological polar surface area (TPSA) is 26.3 Å². The van der Waals surface area contributed by atoms with Crippen molar-refractivity contribution in [1.82, 2.24) is 0 Å². The third-order valence-corrected chi connectivity index (χ3v) is 4.07. The summed E-state index contributed by atoms with van der Waals surface area (Å²) in [7, 11) is 0. The standard InChI is InChI=1S/C18H32O2/c1-2-3-4-5-6-7-8-9-10-11-12-13-14-17-15-18(19)20-16-17/h15H,2-14,16H2,1H3. The van der Waals surface area contributed by atoms with Crippen molar-refractivity contribution in [2.45, 2.75) is 90.4 Å². The van der Waals surface area contributed by atoms with E-state index in [0.717, 1.165) is 6.42 Å². The maximum Gasteiger partial charge on any atom is 0.331 e. The third-order valence-electron chi connectivity index (χ3n) is 4.07. The number of cyclic esters (lactones) is 1. The van der Waals surface area contributed by atoms with Gasteiger partial charge in [-0.15, -0.1) is 0 Å². The van der Waals surface area contributed by atoms with Gasteiger partial charge in [0.15, 0.2) is 0 Å². The molecule has 0 bridgehead atoms. The summed E-state index contributed by atoms with van der Waals surface area (Å²) in [5, 5.41) is 0. The lowest BCUT2D eigenvalue weighted by Crippen LogP contribution is -1.91. The molecule has 1 rings (SSSR count). The van der Waals surface area contributed by atoms with E-state index in [2.05, 4.69) is 6.92 Å². The smallest absolute Gasteiger partial charge is 0.331 e. The fourth-order valence-electron chi connectivity index (χ4n) is 2.75. The normalized spacial score (nSPS) is 14.4. The number of hydrogen-bond donors (Lipinski definition) is 0. The van der Waals surface area contributed by atoms with Gasteiger partial charge in [-0.25, -0.2) is 4.79 Å². The van der Waals surface area contributed by atoms with E-state index in [1.807, 2.05) is 0 Å². The Morgan fingerprint density at radius 2 is 1.35 bits per heavy atom. The molecule has 1 aliphatic rings. The molecular formula is C18H32O2. The molecule has 0 amide bonds. The van der Waals surface area contributed by atoms with Crippen LogP contribution in [0.2, 0.25) is 0 Å². The van der Waals surface area contributed by atoms with Gasteiger partial charge in [-0.1, -0.05) is 77.6 Å². The molecule has 1 heterocycles. The zero-order valence-corrected chi connectivity index (χ0v) is 13.3. The molecule has 0 atom stereocenters. The largest absolute Gasteiger partial charge is 0.458 e. The molecule has 0 aliphatic carbocycles. The number of esters is 1. The second-order valence-corrected chi connectivity index (χ2v) is 6.05. The van der Waals surface area contributed by atoms with Crippen LogP contribution in [-0.2, 0) is 9.53 Å². The minimum atomic E-state index is -0.154. The molecule has 2 nitrogen and oxygen atoms in total. The zero-order chi connectivity index (χ0) is 14.5. The molecule has 2 heteroatoms. The van der Waals surface area contributed by atoms with Crippen molar-refractivity contribution in [2.24, 2.45) is 0 Å². The Morgan fingerprint density at radius 1 is 0.850 bits per heavy atom. The fraction of sp³-hybridized carbons (Fsp3) is 0.833. The van der Waals surface area contributed by atoms with Crippen LogP contribution in [-0.4, -0.2) is 12.6 Å². The average Bonchev–Trinajstić information content (AvgIpc) is 2.86. The number of carbonyl (C=O) groups is 1. The van der Waals surface area contributed by atoms with Gasteiger partial charge < -0.3 is 4.74 Å². The van der Waals surface area contributed by atoms with Crippen LogP contribution in [0.5, 0.6) is 0 Å². The van der Waals surface area contributed by atoms with E-state index in [1.165, 1.54) is 82.6 Å². The highest BCUT2D eigenvalue weighted by Gasteiger charge is 2.11. The number of rotatable bonds is 13. The van der Waals surface area contributed by atoms with E-state index in [-0.39, 0.29) is 5.97 Å². The van der Waals surface area contributed by atoms with Crippen LogP contribution in [0.3, 0.4) is 0 Å². The van der Waals surface area contributed by atoms with Crippen molar-refractivity contribution < 1.29 is 9.53 Å². The van der Waals surface area contributed by atoms with Gasteiger partial charge in [0.25, 0.3) is 0 Å². The monoisotopic (exact) mass is 280 g/mol. The Morgan fingerprint density at radius 3 is 1.80 bits per heavy atom. The van der Waals surface area contributed by atoms with Crippen molar-refractivity contribution in [3.8, 4) is 0 Å². The summed E-state index contributed by atoms with van der Waals surface area (Å²) in [4.78, 5) is 10.9. The zero-order valence-electron chi connectivity index (χ0n) is 13.3. The van der Waals surface area contributed by atoms with Gasteiger partial charge in [0.05, 0.1) is 0 Å². The number of unbranched alkanes of at least 4 members (excludes halogenated alkanes) is 11. The third kappa shape index (κ3) is 9.17. The summed E-state index contributed by atoms with van der Waals surface area (Å²) in [6, 6.07) is 0. The first-order chi connectivity index (χ1) is 9.83. The molecule has 0 N–H and O–H groups in total. The Kier molecular flexibility index (Phi) is 10.3. The van der Waals surface area contributed by atoms with Crippen LogP contribution in [0.4, 0.5) is 0 Å². The van der Waals surface area contributed by atoms with Crippen LogP contribution >= 0.6 is 0 Å². The molecule has 0 unspecified atom stereocenters. The van der Waals surface area contributed by atoms with E-state index >= 15 is 0 Å². The molecule has 116 valence electrons. The van der Waals surface area contributed by atoms with Gasteiger partial charge in [-0.2, -0.15) is 0 Å². The van der Waals surface area contributed by atoms with Crippen molar-refractivity contribution in [3.63, 3.8) is 0 Å². The minimum absolute atomic E-state index is 0.154. The summed E-state index contributed by atoms with van der Waals surface area (Å²) in [5.41, 5.74) is 1.18. The molecule has 0 radical (unpaired) electrons. The summed E-state index contributed by atoms with van der Waals surface area (Å²) in [5.74, 6) is -0.154. The van der Waals surface area contributed by atoms with Gasteiger partial charge in [0.2, 0.25) is 0 Å². The molecule has 0 saturated carbocycles. The molecule has 1 aliphatic heterocycles. The van der Waals surface area contributed by atoms with E-state index < -0.39 is 0 Å². The lowest BCUT2D eigenvalue weighted by molar-refractivity contribution is -0.134. The summed E-state index contributed by atoms with van der Waals surface area (Å²) in [6.45, 7) is 2.81. The second kappa shape index (κ2) is 12.0. The quantitative estimate of drug-likeness (QED) is 0.326. The van der Waals surface area contributed by atoms with E-state index in [9.17, 15) is 4.79 Å². The van der Waals surface area contributed by atoms with Crippen molar-refractivity contribution in [3.05, 3.63) is 11.6 Å². The lowest BCUT2D eigenvalue weighted by atomic mass is 10.0. The molecular weight excluding hydrogens is 248 g/mol. The highest BCUT2D eigenvalue weighted by molar-refractivity contribution is 5.85. The lowest BCUT2D eigenvalue weighted by Gasteiger charge is -2.03. The summed E-state index contributed by atoms with van der Waals surface area (Å²) < 4.78 is 4.89. The SMILES string of the molecule is CCCCCCCCCCCCCCC1=CC(=O)OC1. The van der Waals surface area contributed by atoms with Gasteiger partial charge in [-0.3, -0.25) is 0 Å². The van der Waals surface area contributed by atoms with E-state index in [4.69, 9.17) is 4.74 Å². The molecule has 0 aromatic rings. The van der Waals surface area contributed by atoms with Gasteiger partial charge in [0.1, 0.15) is 6.61 Å². The molecule has 0 spiro atoms. The maximum absolute atomic E-state index is 10.9. The minimum Gasteiger partial charge on any atom is -0.458 e. The Hall–Kier alpha value is -0.790. The Balaban J connectivity index is 1.74. The van der Waals surface area contributed by atoms with Crippen LogP contribution in [0.25, 0.3) is 0 Å². The van der Waals surface area contributed by atoms with Gasteiger partial charge in [0, 0.05) is 6.08 Å². The van der Waals surface area contributed by atoms with Gasteiger partial charge in [-0.05, 0) is 18.4 Å². The number of ether oxygens (including phenoxy) is 1. The summed E-state index contributed by atoms with van der Waals surface area (Å²) in [6.07, 6.45) is 19.2. The van der Waals surface area contributed by atoms with E-state index in [1.54, 1.807) is 6.08 Å². The maximum atomic E-state index is 10.9. The molecule has 0 aromatic carbocycles. The van der Waals surface area contributed by atoms with Crippen molar-refractivity contribution in [2.75, 3.05) is 6.61 Å². The van der Waals surface area contributed by atoms with Crippen LogP contribution in [0, 0.1) is 0 Å². The highest BCUT2D eigenvalue weighted by atomic mass is 16.5. The van der Waals surface area contributed by atoms with Crippen molar-refractivity contribution >= 4 is 5.97 Å². The van der Waals surface area contributed by atoms with Crippen LogP contribution < -0.4 is 0 Å². The van der Waals surface area contributed by atoms with Gasteiger partial charge >= 0.3 is 5.97 Å². The molecule has 0 aromatic heterocycles. The molecule has 20 heavy (non-hydrogen) atoms. The van der Waals surface area contributed by atoms with E-state index in [0.29, 0.717) is 6.61 Å². The first-order valence-electron chi connectivity index (χ1n) is 8.69. The predicted octanol–water partition coefficient (Wildman–Crippen LogP) is 5.56. The molecule has 0 saturated heterocycles. The highest BCUT2D eigenvalue weighted by Crippen LogP contribution is 2.16. The molecule has 0 fully saturated rings. The van der Waals surface area contributed by atoms with Crippen LogP contribution in [0.1, 0.15) is 90.4 Å². The summed E-state index contributed by atoms with van der Waals surface area (Å²) >= 11 is 0. The first kappa shape index (κ1) is 17.3. The second-order valence-electron chi connectivity index (χ2n) is 6.05. The Bertz CT molecular complexity index is 281. The predicted molar refractivity (Wildman–Crippen MR) is 84.7 cm³/mol. The number of carbonyl (C=O) groups excluding carboxylic acids is 1. The van der Waals surface area contributed by atoms with Crippen LogP contribution in [0.15, 0.2) is 11.6 Å². The average molecular weight is 280 g/mol. The Labute approximate surface area is 125 Å². The fourth-order valence-corrected chi connectivity index (χ4v) is 2.75. The first-order valence-corrected chi connectivity index (χ1v) is 8.69. The van der Waals surface area contributed by atoms with Crippen molar-refractivity contribution in [1.29, 1.82) is 0 Å². The number of hydrogen-bond acceptors (Lipinski definition) is 2.